The fourth-order valence-corrected chi connectivity index (χ4v) is 4.17. The molecular weight excluding hydrogens is 450 g/mol. The molecule has 34 heavy (non-hydrogen) atoms. The second-order valence-electron chi connectivity index (χ2n) is 8.87. The number of rotatable bonds is 6. The Labute approximate surface area is 201 Å². The van der Waals surface area contributed by atoms with Gasteiger partial charge in [-0.1, -0.05) is 24.3 Å². The molecule has 0 radical (unpaired) electrons. The summed E-state index contributed by atoms with van der Waals surface area (Å²) < 4.78 is 21.7. The highest BCUT2D eigenvalue weighted by Crippen LogP contribution is 2.26. The van der Waals surface area contributed by atoms with E-state index in [0.717, 1.165) is 27.9 Å². The Kier molecular flexibility index (Phi) is 6.58. The van der Waals surface area contributed by atoms with E-state index in [4.69, 9.17) is 9.72 Å². The summed E-state index contributed by atoms with van der Waals surface area (Å²) in [5, 5.41) is 5.40. The highest BCUT2D eigenvalue weighted by Gasteiger charge is 2.22. The number of esters is 1. The summed E-state index contributed by atoms with van der Waals surface area (Å²) in [5.74, 6) is 0.00868. The number of carbonyl (C=O) groups excluding carboxylic acids is 1. The van der Waals surface area contributed by atoms with Crippen molar-refractivity contribution in [1.82, 2.24) is 24.5 Å². The summed E-state index contributed by atoms with van der Waals surface area (Å²) in [6.45, 7) is 7.75. The minimum absolute atomic E-state index is 0.181. The van der Waals surface area contributed by atoms with Crippen molar-refractivity contribution in [2.45, 2.75) is 38.5 Å². The molecule has 0 aliphatic carbocycles. The molecule has 1 N–H and O–H groups in total. The van der Waals surface area contributed by atoms with Crippen molar-refractivity contribution in [3.8, 4) is 17.1 Å². The van der Waals surface area contributed by atoms with Gasteiger partial charge >= 0.3 is 5.97 Å². The number of fused-ring (bicyclic) bond motifs is 1. The van der Waals surface area contributed by atoms with Crippen LogP contribution in [0, 0.1) is 0 Å². The van der Waals surface area contributed by atoms with Gasteiger partial charge in [0.25, 0.3) is 0 Å². The molecule has 8 nitrogen and oxygen atoms in total. The van der Waals surface area contributed by atoms with Gasteiger partial charge in [0.15, 0.2) is 11.5 Å². The summed E-state index contributed by atoms with van der Waals surface area (Å²) >= 11 is 0. The van der Waals surface area contributed by atoms with Crippen LogP contribution in [-0.4, -0.2) is 41.8 Å². The van der Waals surface area contributed by atoms with Crippen molar-refractivity contribution in [1.29, 1.82) is 0 Å². The van der Waals surface area contributed by atoms with E-state index in [9.17, 15) is 9.00 Å². The van der Waals surface area contributed by atoms with Crippen LogP contribution in [-0.2, 0) is 15.7 Å². The van der Waals surface area contributed by atoms with E-state index in [1.165, 1.54) is 7.11 Å². The fourth-order valence-electron chi connectivity index (χ4n) is 3.37. The number of hydrogen-bond acceptors (Lipinski definition) is 6. The van der Waals surface area contributed by atoms with Crippen molar-refractivity contribution in [2.24, 2.45) is 0 Å². The van der Waals surface area contributed by atoms with Crippen LogP contribution in [0.2, 0.25) is 0 Å². The normalized spacial score (nSPS) is 13.6. The van der Waals surface area contributed by atoms with E-state index in [1.54, 1.807) is 29.1 Å². The molecule has 1 aromatic carbocycles. The zero-order valence-electron chi connectivity index (χ0n) is 19.8. The average molecular weight is 478 g/mol. The predicted octanol–water partition coefficient (Wildman–Crippen LogP) is 4.38. The number of carbonyl (C=O) groups is 1. The van der Waals surface area contributed by atoms with Gasteiger partial charge in [-0.15, -0.1) is 0 Å². The molecule has 176 valence electrons. The number of aromatic nitrogens is 4. The first kappa shape index (κ1) is 23.7. The van der Waals surface area contributed by atoms with Crippen molar-refractivity contribution >= 4 is 27.9 Å². The number of nitrogens with zero attached hydrogens (tertiary/aromatic N) is 4. The highest BCUT2D eigenvalue weighted by atomic mass is 32.2. The number of nitrogens with one attached hydrogen (secondary N) is 1. The molecule has 0 fully saturated rings. The lowest BCUT2D eigenvalue weighted by atomic mass is 10.1. The monoisotopic (exact) mass is 477 g/mol. The Morgan fingerprint density at radius 3 is 2.59 bits per heavy atom. The summed E-state index contributed by atoms with van der Waals surface area (Å²) in [6.07, 6.45) is 1.75. The first-order valence-corrected chi connectivity index (χ1v) is 12.0. The van der Waals surface area contributed by atoms with Crippen LogP contribution in [0.3, 0.4) is 0 Å². The summed E-state index contributed by atoms with van der Waals surface area (Å²) in [6, 6.07) is 16.7. The molecular formula is C25H27N5O3S. The van der Waals surface area contributed by atoms with Crippen LogP contribution in [0.5, 0.6) is 0 Å². The second kappa shape index (κ2) is 9.44. The zero-order valence-corrected chi connectivity index (χ0v) is 20.6. The van der Waals surface area contributed by atoms with Gasteiger partial charge in [0.05, 0.1) is 52.0 Å². The lowest BCUT2D eigenvalue weighted by molar-refractivity contribution is 0.0594. The van der Waals surface area contributed by atoms with Gasteiger partial charge in [0, 0.05) is 10.9 Å². The molecule has 0 spiro atoms. The predicted molar refractivity (Wildman–Crippen MR) is 133 cm³/mol. The molecule has 2 atom stereocenters. The van der Waals surface area contributed by atoms with E-state index in [1.807, 2.05) is 64.1 Å². The maximum Gasteiger partial charge on any atom is 0.356 e. The van der Waals surface area contributed by atoms with Gasteiger partial charge in [-0.2, -0.15) is 5.10 Å². The summed E-state index contributed by atoms with van der Waals surface area (Å²) in [7, 11) is 0.120. The van der Waals surface area contributed by atoms with E-state index >= 15 is 0 Å². The number of hydrogen-bond donors (Lipinski definition) is 1. The van der Waals surface area contributed by atoms with Crippen LogP contribution in [0.1, 0.15) is 49.9 Å². The topological polar surface area (TPSA) is 99.0 Å². The average Bonchev–Trinajstić information content (AvgIpc) is 3.26. The molecule has 4 rings (SSSR count). The molecule has 0 aliphatic rings. The molecule has 9 heteroatoms. The molecule has 0 saturated heterocycles. The van der Waals surface area contributed by atoms with Gasteiger partial charge < -0.3 is 4.74 Å². The Hall–Kier alpha value is -3.43. The first-order valence-electron chi connectivity index (χ1n) is 10.9. The molecule has 0 amide bonds. The minimum Gasteiger partial charge on any atom is -0.464 e. The van der Waals surface area contributed by atoms with Gasteiger partial charge in [-0.05, 0) is 58.0 Å². The maximum absolute atomic E-state index is 12.5. The largest absolute Gasteiger partial charge is 0.464 e. The van der Waals surface area contributed by atoms with E-state index < -0.39 is 17.0 Å². The number of pyridine rings is 2. The smallest absolute Gasteiger partial charge is 0.356 e. The molecule has 0 saturated carbocycles. The molecule has 4 aromatic rings. The molecule has 3 aromatic heterocycles. The van der Waals surface area contributed by atoms with Gasteiger partial charge in [-0.25, -0.2) is 23.4 Å². The van der Waals surface area contributed by atoms with Crippen LogP contribution < -0.4 is 4.72 Å². The van der Waals surface area contributed by atoms with Crippen LogP contribution in [0.15, 0.2) is 60.8 Å². The fraction of sp³-hybridized carbons (Fsp3) is 0.280. The Balaban J connectivity index is 1.69. The summed E-state index contributed by atoms with van der Waals surface area (Å²) in [5.41, 5.74) is 3.54. The Morgan fingerprint density at radius 2 is 1.85 bits per heavy atom. The van der Waals surface area contributed by atoms with Crippen molar-refractivity contribution in [2.75, 3.05) is 7.11 Å². The van der Waals surface area contributed by atoms with Gasteiger partial charge in [0.2, 0.25) is 0 Å². The van der Waals surface area contributed by atoms with E-state index in [2.05, 4.69) is 14.8 Å². The van der Waals surface area contributed by atoms with Crippen molar-refractivity contribution in [3.05, 3.63) is 72.2 Å². The second-order valence-corrected chi connectivity index (χ2v) is 10.9. The van der Waals surface area contributed by atoms with E-state index in [0.29, 0.717) is 5.82 Å². The molecule has 0 unspecified atom stereocenters. The lowest BCUT2D eigenvalue weighted by Crippen LogP contribution is -2.35. The maximum atomic E-state index is 12.5. The van der Waals surface area contributed by atoms with Gasteiger partial charge in [0.1, 0.15) is 0 Å². The van der Waals surface area contributed by atoms with Crippen LogP contribution >= 0.6 is 0 Å². The Morgan fingerprint density at radius 1 is 1.09 bits per heavy atom. The van der Waals surface area contributed by atoms with Crippen molar-refractivity contribution in [3.63, 3.8) is 0 Å². The third-order valence-corrected chi connectivity index (χ3v) is 6.95. The summed E-state index contributed by atoms with van der Waals surface area (Å²) in [4.78, 5) is 21.1. The Bertz CT molecular complexity index is 1380. The SMILES string of the molecule is COC(=O)c1cccc(-n2ncc3ccc(-c4cccc([C@H](C)N[S@@](=O)C(C)(C)C)n4)cc32)n1. The zero-order chi connectivity index (χ0) is 24.5. The van der Waals surface area contributed by atoms with E-state index in [-0.39, 0.29) is 16.5 Å². The number of methoxy groups -OCH3 is 1. The number of benzene rings is 1. The lowest BCUT2D eigenvalue weighted by Gasteiger charge is -2.22. The van der Waals surface area contributed by atoms with Crippen LogP contribution in [0.4, 0.5) is 0 Å². The quantitative estimate of drug-likeness (QED) is 0.414. The molecule has 0 bridgehead atoms. The third kappa shape index (κ3) is 4.90. The highest BCUT2D eigenvalue weighted by molar-refractivity contribution is 7.84. The van der Waals surface area contributed by atoms with Gasteiger partial charge in [-0.3, -0.25) is 4.98 Å². The molecule has 0 aliphatic heterocycles. The van der Waals surface area contributed by atoms with Crippen molar-refractivity contribution < 1.29 is 13.7 Å². The standard InChI is InChI=1S/C25H27N5O3S/c1-16(29-34(32)25(2,3)4)19-8-6-9-20(27-19)17-12-13-18-15-26-30(22(18)14-17)23-11-7-10-21(28-23)24(31)33-5/h6-16,29H,1-5H3/t16-,34-/m0/s1. The first-order chi connectivity index (χ1) is 16.2. The minimum atomic E-state index is -1.20. The van der Waals surface area contributed by atoms with Crippen LogP contribution in [0.25, 0.3) is 28.0 Å². The number of ether oxygens (including phenoxy) is 1. The molecule has 3 heterocycles. The third-order valence-electron chi connectivity index (χ3n) is 5.27.